The second-order valence-electron chi connectivity index (χ2n) is 28.2. The minimum atomic E-state index is -3.03. The summed E-state index contributed by atoms with van der Waals surface area (Å²) in [6.45, 7) is 8.18. The molecule has 0 saturated carbocycles. The van der Waals surface area contributed by atoms with Crippen molar-refractivity contribution in [2.45, 2.75) is 156 Å². The number of alkyl carbamates (subject to hydrolysis) is 1. The molecule has 4 aromatic carbocycles. The Morgan fingerprint density at radius 1 is 0.531 bits per heavy atom. The molecule has 4 aromatic rings. The third kappa shape index (κ3) is 37.3. The van der Waals surface area contributed by atoms with Crippen molar-refractivity contribution in [3.05, 3.63) is 144 Å². The van der Waals surface area contributed by atoms with Gasteiger partial charge in [0.1, 0.15) is 99.9 Å². The molecule has 0 radical (unpaired) electrons. The molecule has 3 aliphatic heterocycles. The molecule has 0 spiro atoms. The minimum Gasteiger partial charge on any atom is -0.491 e. The average Bonchev–Trinajstić information content (AvgIpc) is 0.741. The van der Waals surface area contributed by atoms with Gasteiger partial charge in [-0.05, 0) is 47.5 Å². The van der Waals surface area contributed by atoms with E-state index in [9.17, 15) is 53.1 Å². The summed E-state index contributed by atoms with van der Waals surface area (Å²) in [7, 11) is 4.03. The number of esters is 7. The first-order valence-electron chi connectivity index (χ1n) is 40.5. The average molecular weight is 1880 g/mol. The first-order chi connectivity index (χ1) is 61.5. The number of carbonyl (C=O) groups is 10. The van der Waals surface area contributed by atoms with Gasteiger partial charge in [-0.15, -0.1) is 6.58 Å². The van der Waals surface area contributed by atoms with Gasteiger partial charge in [-0.1, -0.05) is 108 Å². The Kier molecular flexibility index (Phi) is 47.1. The van der Waals surface area contributed by atoms with Crippen LogP contribution in [0.2, 0.25) is 0 Å². The number of hydrogen-bond acceptors (Lipinski definition) is 38. The highest BCUT2D eigenvalue weighted by atomic mass is 35.6. The van der Waals surface area contributed by atoms with Crippen LogP contribution in [0.1, 0.15) is 72.9 Å². The van der Waals surface area contributed by atoms with Crippen LogP contribution in [-0.2, 0) is 160 Å². The second-order valence-corrected chi connectivity index (χ2v) is 30.7. The lowest BCUT2D eigenvalue weighted by Crippen LogP contribution is -2.70. The van der Waals surface area contributed by atoms with Crippen LogP contribution in [0.5, 0.6) is 11.5 Å². The van der Waals surface area contributed by atoms with Crippen molar-refractivity contribution in [1.82, 2.24) is 10.6 Å². The number of rotatable bonds is 56. The van der Waals surface area contributed by atoms with Gasteiger partial charge in [0.2, 0.25) is 9.70 Å². The fourth-order valence-corrected chi connectivity index (χ4v) is 13.0. The fourth-order valence-electron chi connectivity index (χ4n) is 12.8. The largest absolute Gasteiger partial charge is 0.508 e. The van der Waals surface area contributed by atoms with Gasteiger partial charge < -0.3 is 144 Å². The van der Waals surface area contributed by atoms with E-state index in [0.29, 0.717) is 64.0 Å². The van der Waals surface area contributed by atoms with Crippen LogP contribution < -0.4 is 20.1 Å². The molecule has 3 N–H and O–H groups in total. The third-order valence-corrected chi connectivity index (χ3v) is 18.7. The van der Waals surface area contributed by atoms with E-state index in [4.69, 9.17) is 163 Å². The molecule has 16 atom stereocenters. The Morgan fingerprint density at radius 3 is 1.55 bits per heavy atom. The zero-order valence-electron chi connectivity index (χ0n) is 72.0. The van der Waals surface area contributed by atoms with Gasteiger partial charge in [0.05, 0.1) is 143 Å². The molecule has 0 aromatic heterocycles. The molecule has 710 valence electrons. The van der Waals surface area contributed by atoms with Crippen LogP contribution >= 0.6 is 34.8 Å². The first kappa shape index (κ1) is 106. The van der Waals surface area contributed by atoms with Crippen molar-refractivity contribution in [2.75, 3.05) is 160 Å². The number of methoxy groups -OCH3 is 3. The van der Waals surface area contributed by atoms with Gasteiger partial charge in [0, 0.05) is 54.9 Å². The van der Waals surface area contributed by atoms with Crippen LogP contribution in [0, 0.1) is 0 Å². The lowest BCUT2D eigenvalue weighted by molar-refractivity contribution is -0.361. The maximum atomic E-state index is 14.9. The number of halogens is 3. The van der Waals surface area contributed by atoms with E-state index in [1.54, 1.807) is 74.9 Å². The number of ether oxygens (including phenoxy) is 27. The number of hydrogen-bond donors (Lipinski definition) is 3. The number of alkyl halides is 3. The molecule has 3 fully saturated rings. The molecular formula is C85H111Cl3N2O38. The first-order valence-corrected chi connectivity index (χ1v) is 41.7. The Hall–Kier alpha value is -9.25. The molecule has 0 unspecified atom stereocenters. The van der Waals surface area contributed by atoms with Gasteiger partial charge >= 0.3 is 54.0 Å². The minimum absolute atomic E-state index is 0.0471. The van der Waals surface area contributed by atoms with Gasteiger partial charge in [0.15, 0.2) is 37.0 Å². The summed E-state index contributed by atoms with van der Waals surface area (Å²) in [5.74, 6) is -11.2. The molecule has 7 rings (SSSR count). The van der Waals surface area contributed by atoms with Gasteiger partial charge in [-0.2, -0.15) is 0 Å². The van der Waals surface area contributed by atoms with E-state index in [-0.39, 0.29) is 88.7 Å². The standard InChI is InChI=1S/C85H111Cl3N2O38/c1-10-26-113-79-69(90-82(100)118-52-85(86,87)88)73(115-47-58-20-14-11-15-21-58)71(67(124-79)50-117-83(101)116-48-59-43-62(111-41-39-109-37-35-107-33-31-105-29-27-102-7)45-63(44-59)112-42-40-110-38-36-108-34-32-106-30-28-103-8)127-80-76(126-78(98)61-24-18-13-19-25-61)75(125-77(97)60-22-16-12-17-23-60)70(96)65(123-80)51-119-84(81(99)104-9)46-64(120-55(4)93)68(89-53(2)91)74(128-84)72(122-57(6)95)66(121-56(5)94)49-114-54(3)92/h10-25,43-45,64-76,79-80,96H,1,26-42,46-52H2,2-9H3,(H,89,91)(H,90,100)/t64-,65+,66+,67+,68+,69+,70-,71+,72-,73+,74+,75-,76+,79-,80-,84+/m0/s1. The summed E-state index contributed by atoms with van der Waals surface area (Å²) < 4.78 is 158. The van der Waals surface area contributed by atoms with Gasteiger partial charge in [-0.25, -0.2) is 24.0 Å². The highest BCUT2D eigenvalue weighted by molar-refractivity contribution is 6.67. The monoisotopic (exact) mass is 1870 g/mol. The zero-order chi connectivity index (χ0) is 92.8. The number of nitrogens with one attached hydrogen (secondary N) is 2. The Bertz CT molecular complexity index is 4000. The van der Waals surface area contributed by atoms with Crippen molar-refractivity contribution in [3.63, 3.8) is 0 Å². The fraction of sp³-hybridized carbons (Fsp3) is 0.576. The number of carbonyl (C=O) groups excluding carboxylic acids is 10. The normalized spacial score (nSPS) is 22.5. The smallest absolute Gasteiger partial charge is 0.491 e. The van der Waals surface area contributed by atoms with Crippen LogP contribution in [0.25, 0.3) is 0 Å². The predicted octanol–water partition coefficient (Wildman–Crippen LogP) is 5.93. The summed E-state index contributed by atoms with van der Waals surface area (Å²) in [6, 6.07) is 24.3. The van der Waals surface area contributed by atoms with E-state index in [1.807, 2.05) is 0 Å². The molecule has 43 heteroatoms. The topological polar surface area (TPSA) is 464 Å². The van der Waals surface area contributed by atoms with E-state index in [0.717, 1.165) is 41.7 Å². The number of amides is 2. The maximum absolute atomic E-state index is 14.9. The molecule has 128 heavy (non-hydrogen) atoms. The van der Waals surface area contributed by atoms with Crippen molar-refractivity contribution in [2.24, 2.45) is 0 Å². The van der Waals surface area contributed by atoms with E-state index in [2.05, 4.69) is 17.2 Å². The molecule has 3 aliphatic rings. The number of benzene rings is 4. The lowest BCUT2D eigenvalue weighted by Gasteiger charge is -2.50. The van der Waals surface area contributed by atoms with Crippen LogP contribution in [0.15, 0.2) is 122 Å². The maximum Gasteiger partial charge on any atom is 0.508 e. The molecule has 0 aliphatic carbocycles. The summed E-state index contributed by atoms with van der Waals surface area (Å²) in [5, 5.41) is 18.3. The second kappa shape index (κ2) is 57.0. The SMILES string of the molecule is C=CCO[C@H]1O[C@H](COC(=O)OCc2cc(OCCOCCOCCOCCOC)cc(OCCOCCOCCOCCOC)c2)[C@@H](O[C@@H]2O[C@H](CO[C@]3(C(=O)OC)C[C@H](OC(C)=O)[C@@H](NC(C)=O)[C@H]([C@@H](OC(C)=O)[C@@H](COC(C)=O)OC(C)=O)O3)[C@H](O)[C@H](OC(=O)c3ccccc3)[C@H]2OC(=O)c2ccccc2)[C@H](OCc2ccccc2)[C@H]1NC(=O)OCC(Cl)(Cl)Cl. The number of aliphatic hydroxyl groups is 1. The van der Waals surface area contributed by atoms with Crippen LogP contribution in [-0.4, -0.2) is 327 Å². The zero-order valence-corrected chi connectivity index (χ0v) is 74.3. The Balaban J connectivity index is 1.33. The third-order valence-electron chi connectivity index (χ3n) is 18.4. The van der Waals surface area contributed by atoms with Gasteiger partial charge in [0.25, 0.3) is 5.79 Å². The van der Waals surface area contributed by atoms with Crippen molar-refractivity contribution in [3.8, 4) is 11.5 Å². The predicted molar refractivity (Wildman–Crippen MR) is 443 cm³/mol. The summed E-state index contributed by atoms with van der Waals surface area (Å²) >= 11 is 18.3. The van der Waals surface area contributed by atoms with Crippen LogP contribution in [0.4, 0.5) is 9.59 Å². The van der Waals surface area contributed by atoms with E-state index < -0.39 is 201 Å². The van der Waals surface area contributed by atoms with Crippen molar-refractivity contribution in [1.29, 1.82) is 0 Å². The highest BCUT2D eigenvalue weighted by Crippen LogP contribution is 2.41. The summed E-state index contributed by atoms with van der Waals surface area (Å²) in [4.78, 5) is 138. The molecule has 3 heterocycles. The van der Waals surface area contributed by atoms with E-state index >= 15 is 0 Å². The van der Waals surface area contributed by atoms with E-state index in [1.165, 1.54) is 54.6 Å². The molecular weight excluding hydrogens is 1760 g/mol. The molecule has 2 amide bonds. The van der Waals surface area contributed by atoms with Crippen LogP contribution in [0.3, 0.4) is 0 Å². The summed E-state index contributed by atoms with van der Waals surface area (Å²) in [6.07, 6.45) is -28.4. The number of aliphatic hydroxyl groups excluding tert-OH is 1. The Morgan fingerprint density at radius 2 is 1.05 bits per heavy atom. The lowest BCUT2D eigenvalue weighted by atomic mass is 9.87. The quantitative estimate of drug-likeness (QED) is 0.0152. The van der Waals surface area contributed by atoms with Crippen molar-refractivity contribution < 1.29 is 181 Å². The van der Waals surface area contributed by atoms with Crippen molar-refractivity contribution >= 4 is 94.7 Å². The molecule has 3 saturated heterocycles. The molecule has 0 bridgehead atoms. The summed E-state index contributed by atoms with van der Waals surface area (Å²) in [5.41, 5.74) is 0.538. The highest BCUT2D eigenvalue weighted by Gasteiger charge is 2.62. The molecule has 40 nitrogen and oxygen atoms in total. The Labute approximate surface area is 754 Å². The van der Waals surface area contributed by atoms with Gasteiger partial charge in [-0.3, -0.25) is 24.0 Å².